The SMILES string of the molecule is COC=Cc1c(-c2ccc3cc(C(C)(C)C)ccc3c2)ccnc1Cl. The predicted molar refractivity (Wildman–Crippen MR) is 107 cm³/mol. The summed E-state index contributed by atoms with van der Waals surface area (Å²) in [6.45, 7) is 6.70. The van der Waals surface area contributed by atoms with Gasteiger partial charge in [0.05, 0.1) is 13.4 Å². The zero-order valence-corrected chi connectivity index (χ0v) is 15.8. The molecule has 25 heavy (non-hydrogen) atoms. The third kappa shape index (κ3) is 3.69. The average Bonchev–Trinajstić information content (AvgIpc) is 2.59. The standard InChI is InChI=1S/C22H22ClNO/c1-22(2,3)18-8-7-15-13-17(6-5-16(15)14-18)19-9-11-24-21(23)20(19)10-12-25-4/h5-14H,1-4H3. The molecule has 3 aromatic rings. The Morgan fingerprint density at radius 2 is 1.72 bits per heavy atom. The summed E-state index contributed by atoms with van der Waals surface area (Å²) in [5, 5.41) is 2.92. The molecule has 0 radical (unpaired) electrons. The Morgan fingerprint density at radius 1 is 1.00 bits per heavy atom. The maximum atomic E-state index is 6.29. The van der Waals surface area contributed by atoms with Crippen LogP contribution in [0.5, 0.6) is 0 Å². The van der Waals surface area contributed by atoms with E-state index in [-0.39, 0.29) is 5.41 Å². The largest absolute Gasteiger partial charge is 0.504 e. The molecule has 0 aliphatic heterocycles. The van der Waals surface area contributed by atoms with Crippen molar-refractivity contribution in [3.63, 3.8) is 0 Å². The van der Waals surface area contributed by atoms with Gasteiger partial charge in [0.25, 0.3) is 0 Å². The van der Waals surface area contributed by atoms with Crippen LogP contribution in [-0.2, 0) is 10.2 Å². The number of fused-ring (bicyclic) bond motifs is 1. The van der Waals surface area contributed by atoms with Gasteiger partial charge in [0.1, 0.15) is 5.15 Å². The second-order valence-corrected chi connectivity index (χ2v) is 7.49. The molecular formula is C22H22ClNO. The van der Waals surface area contributed by atoms with Gasteiger partial charge in [-0.2, -0.15) is 0 Å². The zero-order valence-electron chi connectivity index (χ0n) is 15.0. The molecule has 0 spiro atoms. The van der Waals surface area contributed by atoms with Gasteiger partial charge in [-0.15, -0.1) is 0 Å². The topological polar surface area (TPSA) is 22.1 Å². The van der Waals surface area contributed by atoms with Gasteiger partial charge in [0.2, 0.25) is 0 Å². The summed E-state index contributed by atoms with van der Waals surface area (Å²) in [6.07, 6.45) is 5.19. The summed E-state index contributed by atoms with van der Waals surface area (Å²) in [6, 6.07) is 15.1. The van der Waals surface area contributed by atoms with E-state index in [4.69, 9.17) is 16.3 Å². The predicted octanol–water partition coefficient (Wildman–Crippen LogP) is 6.47. The molecule has 128 valence electrons. The van der Waals surface area contributed by atoms with Gasteiger partial charge in [0.15, 0.2) is 0 Å². The van der Waals surface area contributed by atoms with Crippen LogP contribution in [0.3, 0.4) is 0 Å². The number of benzene rings is 2. The first kappa shape index (κ1) is 17.5. The number of methoxy groups -OCH3 is 1. The van der Waals surface area contributed by atoms with Crippen molar-refractivity contribution in [2.75, 3.05) is 7.11 Å². The van der Waals surface area contributed by atoms with E-state index in [1.165, 1.54) is 16.3 Å². The summed E-state index contributed by atoms with van der Waals surface area (Å²) < 4.78 is 5.04. The van der Waals surface area contributed by atoms with Crippen molar-refractivity contribution in [2.24, 2.45) is 0 Å². The lowest BCUT2D eigenvalue weighted by Crippen LogP contribution is -2.10. The normalized spacial score (nSPS) is 12.0. The van der Waals surface area contributed by atoms with Crippen molar-refractivity contribution < 1.29 is 4.74 Å². The number of hydrogen-bond donors (Lipinski definition) is 0. The number of ether oxygens (including phenoxy) is 1. The molecule has 0 atom stereocenters. The molecule has 3 heteroatoms. The van der Waals surface area contributed by atoms with E-state index < -0.39 is 0 Å². The van der Waals surface area contributed by atoms with Crippen molar-refractivity contribution >= 4 is 28.4 Å². The quantitative estimate of drug-likeness (QED) is 0.398. The van der Waals surface area contributed by atoms with E-state index in [1.54, 1.807) is 19.6 Å². The van der Waals surface area contributed by atoms with Gasteiger partial charge in [-0.3, -0.25) is 0 Å². The van der Waals surface area contributed by atoms with E-state index in [0.717, 1.165) is 16.7 Å². The molecule has 0 unspecified atom stereocenters. The smallest absolute Gasteiger partial charge is 0.136 e. The minimum atomic E-state index is 0.142. The highest BCUT2D eigenvalue weighted by Gasteiger charge is 2.14. The maximum absolute atomic E-state index is 6.29. The van der Waals surface area contributed by atoms with Gasteiger partial charge in [-0.05, 0) is 51.1 Å². The van der Waals surface area contributed by atoms with Crippen LogP contribution >= 0.6 is 11.6 Å². The minimum Gasteiger partial charge on any atom is -0.504 e. The van der Waals surface area contributed by atoms with Crippen molar-refractivity contribution in [1.29, 1.82) is 0 Å². The van der Waals surface area contributed by atoms with E-state index in [2.05, 4.69) is 62.2 Å². The van der Waals surface area contributed by atoms with Crippen LogP contribution in [0, 0.1) is 0 Å². The van der Waals surface area contributed by atoms with E-state index in [0.29, 0.717) is 5.15 Å². The number of aromatic nitrogens is 1. The van der Waals surface area contributed by atoms with Crippen LogP contribution in [0.1, 0.15) is 31.9 Å². The number of hydrogen-bond acceptors (Lipinski definition) is 2. The lowest BCUT2D eigenvalue weighted by molar-refractivity contribution is 0.341. The Bertz CT molecular complexity index is 938. The average molecular weight is 352 g/mol. The fourth-order valence-corrected chi connectivity index (χ4v) is 3.09. The second-order valence-electron chi connectivity index (χ2n) is 7.13. The highest BCUT2D eigenvalue weighted by Crippen LogP contribution is 2.32. The molecule has 0 aliphatic rings. The molecule has 0 saturated carbocycles. The lowest BCUT2D eigenvalue weighted by Gasteiger charge is -2.19. The first-order valence-electron chi connectivity index (χ1n) is 8.28. The molecular weight excluding hydrogens is 330 g/mol. The molecule has 0 amide bonds. The molecule has 0 fully saturated rings. The highest BCUT2D eigenvalue weighted by molar-refractivity contribution is 6.31. The minimum absolute atomic E-state index is 0.142. The fraction of sp³-hybridized carbons (Fsp3) is 0.227. The van der Waals surface area contributed by atoms with Crippen LogP contribution in [0.4, 0.5) is 0 Å². The molecule has 0 bridgehead atoms. The summed E-state index contributed by atoms with van der Waals surface area (Å²) in [4.78, 5) is 4.18. The van der Waals surface area contributed by atoms with Crippen molar-refractivity contribution in [3.05, 3.63) is 71.2 Å². The van der Waals surface area contributed by atoms with Crippen LogP contribution in [0.15, 0.2) is 54.9 Å². The summed E-state index contributed by atoms with van der Waals surface area (Å²) in [5.41, 5.74) is 4.48. The number of halogens is 1. The summed E-state index contributed by atoms with van der Waals surface area (Å²) in [7, 11) is 1.61. The van der Waals surface area contributed by atoms with Crippen LogP contribution in [0.25, 0.3) is 28.0 Å². The third-order valence-electron chi connectivity index (χ3n) is 4.33. The summed E-state index contributed by atoms with van der Waals surface area (Å²) in [5.74, 6) is 0. The first-order chi connectivity index (χ1) is 11.9. The number of pyridine rings is 1. The first-order valence-corrected chi connectivity index (χ1v) is 8.66. The molecule has 3 rings (SSSR count). The van der Waals surface area contributed by atoms with Gasteiger partial charge in [-0.25, -0.2) is 4.98 Å². The van der Waals surface area contributed by atoms with Crippen molar-refractivity contribution in [1.82, 2.24) is 4.98 Å². The van der Waals surface area contributed by atoms with Gasteiger partial charge in [0, 0.05) is 11.8 Å². The van der Waals surface area contributed by atoms with E-state index in [1.807, 2.05) is 12.1 Å². The Morgan fingerprint density at radius 3 is 2.44 bits per heavy atom. The second kappa shape index (κ2) is 6.89. The van der Waals surface area contributed by atoms with Gasteiger partial charge < -0.3 is 4.74 Å². The molecule has 2 nitrogen and oxygen atoms in total. The van der Waals surface area contributed by atoms with Crippen LogP contribution in [0.2, 0.25) is 5.15 Å². The van der Waals surface area contributed by atoms with Crippen molar-refractivity contribution in [2.45, 2.75) is 26.2 Å². The molecule has 1 heterocycles. The Labute approximate surface area is 154 Å². The molecule has 0 N–H and O–H groups in total. The zero-order chi connectivity index (χ0) is 18.0. The van der Waals surface area contributed by atoms with E-state index >= 15 is 0 Å². The van der Waals surface area contributed by atoms with Gasteiger partial charge >= 0.3 is 0 Å². The third-order valence-corrected chi connectivity index (χ3v) is 4.63. The lowest BCUT2D eigenvalue weighted by atomic mass is 9.85. The molecule has 1 aromatic heterocycles. The van der Waals surface area contributed by atoms with Crippen molar-refractivity contribution in [3.8, 4) is 11.1 Å². The van der Waals surface area contributed by atoms with E-state index in [9.17, 15) is 0 Å². The number of rotatable bonds is 3. The Kier molecular flexibility index (Phi) is 4.82. The fourth-order valence-electron chi connectivity index (χ4n) is 2.87. The highest BCUT2D eigenvalue weighted by atomic mass is 35.5. The maximum Gasteiger partial charge on any atom is 0.136 e. The monoisotopic (exact) mass is 351 g/mol. The van der Waals surface area contributed by atoms with Crippen LogP contribution < -0.4 is 0 Å². The summed E-state index contributed by atoms with van der Waals surface area (Å²) >= 11 is 6.29. The van der Waals surface area contributed by atoms with Gasteiger partial charge in [-0.1, -0.05) is 62.7 Å². The Hall–Kier alpha value is -2.32. The van der Waals surface area contributed by atoms with Crippen LogP contribution in [-0.4, -0.2) is 12.1 Å². The Balaban J connectivity index is 2.12. The molecule has 2 aromatic carbocycles. The molecule has 0 aliphatic carbocycles. The molecule has 0 saturated heterocycles. The number of nitrogens with zero attached hydrogens (tertiary/aromatic N) is 1.